The highest BCUT2D eigenvalue weighted by Gasteiger charge is 2.20. The van der Waals surface area contributed by atoms with Crippen LogP contribution in [0.25, 0.3) is 6.08 Å². The SMILES string of the molecule is Cc1ccc(CNCC2CC2)cc1C#Cc1ccc(C=CC(=O)O)cc1. The second-order valence-corrected chi connectivity index (χ2v) is 6.77. The highest BCUT2D eigenvalue weighted by Crippen LogP contribution is 2.27. The molecule has 0 saturated heterocycles. The molecule has 0 radical (unpaired) electrons. The second-order valence-electron chi connectivity index (χ2n) is 6.77. The molecular formula is C23H23NO2. The Morgan fingerprint density at radius 3 is 2.65 bits per heavy atom. The van der Waals surface area contributed by atoms with E-state index in [9.17, 15) is 4.79 Å². The zero-order valence-electron chi connectivity index (χ0n) is 15.0. The summed E-state index contributed by atoms with van der Waals surface area (Å²) in [5.74, 6) is 6.39. The molecule has 26 heavy (non-hydrogen) atoms. The number of aliphatic carboxylic acids is 1. The summed E-state index contributed by atoms with van der Waals surface area (Å²) < 4.78 is 0. The van der Waals surface area contributed by atoms with Gasteiger partial charge in [-0.2, -0.15) is 0 Å². The average Bonchev–Trinajstić information content (AvgIpc) is 3.45. The summed E-state index contributed by atoms with van der Waals surface area (Å²) in [4.78, 5) is 10.5. The van der Waals surface area contributed by atoms with Crippen molar-refractivity contribution in [3.8, 4) is 11.8 Å². The van der Waals surface area contributed by atoms with Crippen LogP contribution in [-0.4, -0.2) is 17.6 Å². The van der Waals surface area contributed by atoms with E-state index in [2.05, 4.69) is 42.3 Å². The number of carbonyl (C=O) groups is 1. The molecule has 3 heteroatoms. The monoisotopic (exact) mass is 345 g/mol. The lowest BCUT2D eigenvalue weighted by Gasteiger charge is -2.06. The summed E-state index contributed by atoms with van der Waals surface area (Å²) in [5, 5.41) is 12.2. The number of carboxylic acids is 1. The number of rotatable bonds is 6. The quantitative estimate of drug-likeness (QED) is 0.615. The van der Waals surface area contributed by atoms with Crippen molar-refractivity contribution in [2.24, 2.45) is 5.92 Å². The van der Waals surface area contributed by atoms with E-state index in [1.807, 2.05) is 24.3 Å². The fourth-order valence-electron chi connectivity index (χ4n) is 2.64. The highest BCUT2D eigenvalue weighted by molar-refractivity contribution is 5.85. The van der Waals surface area contributed by atoms with E-state index in [1.165, 1.54) is 24.0 Å². The number of nitrogens with one attached hydrogen (secondary N) is 1. The van der Waals surface area contributed by atoms with Gasteiger partial charge in [0.1, 0.15) is 0 Å². The lowest BCUT2D eigenvalue weighted by molar-refractivity contribution is -0.131. The summed E-state index contributed by atoms with van der Waals surface area (Å²) >= 11 is 0. The van der Waals surface area contributed by atoms with Crippen LogP contribution in [-0.2, 0) is 11.3 Å². The van der Waals surface area contributed by atoms with Crippen molar-refractivity contribution in [3.63, 3.8) is 0 Å². The molecule has 0 spiro atoms. The minimum atomic E-state index is -0.948. The van der Waals surface area contributed by atoms with Gasteiger partial charge in [0.2, 0.25) is 0 Å². The van der Waals surface area contributed by atoms with Gasteiger partial charge in [0.15, 0.2) is 0 Å². The van der Waals surface area contributed by atoms with E-state index in [0.717, 1.165) is 41.8 Å². The van der Waals surface area contributed by atoms with Gasteiger partial charge < -0.3 is 10.4 Å². The van der Waals surface area contributed by atoms with Crippen LogP contribution in [0.5, 0.6) is 0 Å². The van der Waals surface area contributed by atoms with Gasteiger partial charge in [-0.1, -0.05) is 36.1 Å². The van der Waals surface area contributed by atoms with Crippen molar-refractivity contribution in [3.05, 3.63) is 76.4 Å². The number of aryl methyl sites for hydroxylation is 1. The molecule has 3 nitrogen and oxygen atoms in total. The number of hydrogen-bond donors (Lipinski definition) is 2. The van der Waals surface area contributed by atoms with Crippen molar-refractivity contribution in [1.82, 2.24) is 5.32 Å². The summed E-state index contributed by atoms with van der Waals surface area (Å²) in [7, 11) is 0. The summed E-state index contributed by atoms with van der Waals surface area (Å²) in [5.41, 5.74) is 5.23. The van der Waals surface area contributed by atoms with Crippen LogP contribution >= 0.6 is 0 Å². The van der Waals surface area contributed by atoms with Crippen molar-refractivity contribution < 1.29 is 9.90 Å². The zero-order chi connectivity index (χ0) is 18.4. The second kappa shape index (κ2) is 8.51. The van der Waals surface area contributed by atoms with Crippen LogP contribution < -0.4 is 5.32 Å². The molecule has 0 unspecified atom stereocenters. The van der Waals surface area contributed by atoms with Crippen LogP contribution in [0.2, 0.25) is 0 Å². The number of hydrogen-bond acceptors (Lipinski definition) is 2. The van der Waals surface area contributed by atoms with E-state index >= 15 is 0 Å². The maximum Gasteiger partial charge on any atom is 0.328 e. The number of carboxylic acid groups (broad SMARTS) is 1. The molecule has 0 bridgehead atoms. The largest absolute Gasteiger partial charge is 0.478 e. The Balaban J connectivity index is 1.66. The van der Waals surface area contributed by atoms with Gasteiger partial charge in [0.05, 0.1) is 0 Å². The normalized spacial score (nSPS) is 13.4. The van der Waals surface area contributed by atoms with Crippen molar-refractivity contribution in [2.75, 3.05) is 6.54 Å². The minimum absolute atomic E-state index is 0.845. The topological polar surface area (TPSA) is 49.3 Å². The molecule has 132 valence electrons. The minimum Gasteiger partial charge on any atom is -0.478 e. The molecule has 2 N–H and O–H groups in total. The Morgan fingerprint density at radius 2 is 1.96 bits per heavy atom. The fourth-order valence-corrected chi connectivity index (χ4v) is 2.64. The predicted molar refractivity (Wildman–Crippen MR) is 105 cm³/mol. The van der Waals surface area contributed by atoms with Crippen molar-refractivity contribution >= 4 is 12.0 Å². The Morgan fingerprint density at radius 1 is 1.19 bits per heavy atom. The third kappa shape index (κ3) is 5.61. The molecule has 1 saturated carbocycles. The third-order valence-electron chi connectivity index (χ3n) is 4.43. The molecular weight excluding hydrogens is 322 g/mol. The van der Waals surface area contributed by atoms with E-state index in [1.54, 1.807) is 6.08 Å². The molecule has 2 aromatic carbocycles. The van der Waals surface area contributed by atoms with E-state index in [-0.39, 0.29) is 0 Å². The molecule has 0 aliphatic heterocycles. The first-order chi connectivity index (χ1) is 12.6. The van der Waals surface area contributed by atoms with Crippen LogP contribution in [0, 0.1) is 24.7 Å². The zero-order valence-corrected chi connectivity index (χ0v) is 15.0. The molecule has 1 fully saturated rings. The predicted octanol–water partition coefficient (Wildman–Crippen LogP) is 3.99. The van der Waals surface area contributed by atoms with Gasteiger partial charge in [-0.25, -0.2) is 4.79 Å². The molecule has 1 aliphatic rings. The number of benzene rings is 2. The molecule has 0 atom stereocenters. The van der Waals surface area contributed by atoms with E-state index in [0.29, 0.717) is 0 Å². The molecule has 0 heterocycles. The maximum absolute atomic E-state index is 10.5. The molecule has 0 amide bonds. The van der Waals surface area contributed by atoms with Gasteiger partial charge in [0, 0.05) is 23.7 Å². The molecule has 0 aromatic heterocycles. The maximum atomic E-state index is 10.5. The summed E-state index contributed by atoms with van der Waals surface area (Å²) in [6, 6.07) is 14.0. The Bertz CT molecular complexity index is 865. The van der Waals surface area contributed by atoms with Crippen LogP contribution in [0.3, 0.4) is 0 Å². The van der Waals surface area contributed by atoms with Crippen molar-refractivity contribution in [2.45, 2.75) is 26.3 Å². The van der Waals surface area contributed by atoms with Crippen LogP contribution in [0.1, 0.15) is 40.7 Å². The first-order valence-corrected chi connectivity index (χ1v) is 8.93. The third-order valence-corrected chi connectivity index (χ3v) is 4.43. The first-order valence-electron chi connectivity index (χ1n) is 8.93. The Kier molecular flexibility index (Phi) is 5.88. The average molecular weight is 345 g/mol. The van der Waals surface area contributed by atoms with Gasteiger partial charge >= 0.3 is 5.97 Å². The van der Waals surface area contributed by atoms with Gasteiger partial charge in [0.25, 0.3) is 0 Å². The van der Waals surface area contributed by atoms with Gasteiger partial charge in [-0.3, -0.25) is 0 Å². The first kappa shape index (κ1) is 18.0. The smallest absolute Gasteiger partial charge is 0.328 e. The molecule has 3 rings (SSSR count). The highest BCUT2D eigenvalue weighted by atomic mass is 16.4. The Hall–Kier alpha value is -2.83. The van der Waals surface area contributed by atoms with Gasteiger partial charge in [-0.15, -0.1) is 0 Å². The molecule has 1 aliphatic carbocycles. The van der Waals surface area contributed by atoms with Crippen LogP contribution in [0.4, 0.5) is 0 Å². The Labute approximate surface area is 154 Å². The fraction of sp³-hybridized carbons (Fsp3) is 0.261. The van der Waals surface area contributed by atoms with Gasteiger partial charge in [-0.05, 0) is 73.2 Å². The summed E-state index contributed by atoms with van der Waals surface area (Å²) in [6.07, 6.45) is 5.43. The lowest BCUT2D eigenvalue weighted by Crippen LogP contribution is -2.16. The van der Waals surface area contributed by atoms with Crippen molar-refractivity contribution in [1.29, 1.82) is 0 Å². The van der Waals surface area contributed by atoms with E-state index in [4.69, 9.17) is 5.11 Å². The lowest BCUT2D eigenvalue weighted by atomic mass is 10.0. The standard InChI is InChI=1S/C23H23NO2/c1-17-2-3-21(16-24-15-20-8-9-20)14-22(17)12-10-18-4-6-19(7-5-18)11-13-23(25)26/h2-7,11,13-14,20,24H,8-9,15-16H2,1H3,(H,25,26). The summed E-state index contributed by atoms with van der Waals surface area (Å²) in [6.45, 7) is 4.07. The van der Waals surface area contributed by atoms with E-state index < -0.39 is 5.97 Å². The van der Waals surface area contributed by atoms with Crippen LogP contribution in [0.15, 0.2) is 48.5 Å². The molecule has 2 aromatic rings.